The Morgan fingerprint density at radius 3 is 2.59 bits per heavy atom. The van der Waals surface area contributed by atoms with Crippen LogP contribution in [0.3, 0.4) is 0 Å². The summed E-state index contributed by atoms with van der Waals surface area (Å²) < 4.78 is 27.6. The van der Waals surface area contributed by atoms with Gasteiger partial charge in [0.2, 0.25) is 0 Å². The number of nitrogens with one attached hydrogen (secondary N) is 2. The minimum Gasteiger partial charge on any atom is -0.344 e. The Bertz CT molecular complexity index is 837. The number of rotatable bonds is 4. The highest BCUT2D eigenvalue weighted by Crippen LogP contribution is 2.30. The maximum absolute atomic E-state index is 11.6. The van der Waals surface area contributed by atoms with Crippen molar-refractivity contribution in [3.63, 3.8) is 0 Å². The molecule has 0 aliphatic heterocycles. The van der Waals surface area contributed by atoms with Gasteiger partial charge in [0, 0.05) is 11.6 Å². The van der Waals surface area contributed by atoms with Gasteiger partial charge in [-0.2, -0.15) is 0 Å². The summed E-state index contributed by atoms with van der Waals surface area (Å²) in [6.45, 7) is 4.00. The summed E-state index contributed by atoms with van der Waals surface area (Å²) >= 11 is 3.16. The monoisotopic (exact) mass is 354 g/mol. The van der Waals surface area contributed by atoms with E-state index in [2.05, 4.69) is 9.71 Å². The van der Waals surface area contributed by atoms with Crippen LogP contribution in [-0.4, -0.2) is 19.7 Å². The third-order valence-electron chi connectivity index (χ3n) is 2.79. The number of hydrogen-bond donors (Lipinski definition) is 2. The van der Waals surface area contributed by atoms with Crippen molar-refractivity contribution in [2.75, 3.05) is 11.0 Å². The highest BCUT2D eigenvalue weighted by atomic mass is 32.2. The SMILES string of the molecule is CC.CS(=O)(=O)c1cc2cccc(NSc3cccs3)c2[nH]1. The van der Waals surface area contributed by atoms with E-state index in [1.165, 1.54) is 18.2 Å². The molecule has 3 rings (SSSR count). The number of benzene rings is 1. The quantitative estimate of drug-likeness (QED) is 0.662. The topological polar surface area (TPSA) is 62.0 Å². The summed E-state index contributed by atoms with van der Waals surface area (Å²) in [7, 11) is -3.23. The number of aromatic nitrogens is 1. The first-order valence-electron chi connectivity index (χ1n) is 6.82. The van der Waals surface area contributed by atoms with Crippen LogP contribution in [0.5, 0.6) is 0 Å². The summed E-state index contributed by atoms with van der Waals surface area (Å²) in [6, 6.07) is 11.4. The standard InChI is InChI=1S/C13H12N2O2S3.C2H6/c1-20(16,17)11-8-9-4-2-5-10(13(9)14-11)15-19-12-6-3-7-18-12;1-2/h2-8,14-15H,1H3;1-2H3. The number of thiophene rings is 1. The number of para-hydroxylation sites is 1. The van der Waals surface area contributed by atoms with E-state index >= 15 is 0 Å². The first kappa shape index (κ1) is 16.9. The minimum absolute atomic E-state index is 0.239. The fourth-order valence-electron chi connectivity index (χ4n) is 1.84. The normalized spacial score (nSPS) is 11.0. The van der Waals surface area contributed by atoms with Gasteiger partial charge in [0.1, 0.15) is 5.03 Å². The van der Waals surface area contributed by atoms with Gasteiger partial charge in [-0.25, -0.2) is 8.42 Å². The Morgan fingerprint density at radius 1 is 1.18 bits per heavy atom. The molecule has 0 bridgehead atoms. The fraction of sp³-hybridized carbons (Fsp3) is 0.200. The van der Waals surface area contributed by atoms with Crippen molar-refractivity contribution in [2.45, 2.75) is 23.1 Å². The molecule has 2 aromatic heterocycles. The van der Waals surface area contributed by atoms with E-state index in [4.69, 9.17) is 0 Å². The first-order chi connectivity index (χ1) is 10.5. The van der Waals surface area contributed by atoms with E-state index in [1.807, 2.05) is 49.6 Å². The summed E-state index contributed by atoms with van der Waals surface area (Å²) in [5, 5.41) is 3.13. The molecule has 1 aromatic carbocycles. The number of aromatic amines is 1. The molecule has 0 radical (unpaired) electrons. The molecule has 0 atom stereocenters. The van der Waals surface area contributed by atoms with Gasteiger partial charge in [0.15, 0.2) is 9.84 Å². The molecule has 118 valence electrons. The van der Waals surface area contributed by atoms with Crippen LogP contribution in [0.25, 0.3) is 10.9 Å². The van der Waals surface area contributed by atoms with Crippen LogP contribution in [0.1, 0.15) is 13.8 Å². The molecule has 2 heterocycles. The van der Waals surface area contributed by atoms with Crippen LogP contribution >= 0.6 is 23.3 Å². The number of fused-ring (bicyclic) bond motifs is 1. The molecule has 22 heavy (non-hydrogen) atoms. The predicted octanol–water partition coefficient (Wildman–Crippen LogP) is 4.78. The van der Waals surface area contributed by atoms with Gasteiger partial charge in [-0.1, -0.05) is 32.0 Å². The van der Waals surface area contributed by atoms with E-state index < -0.39 is 9.84 Å². The zero-order valence-electron chi connectivity index (χ0n) is 12.6. The predicted molar refractivity (Wildman–Crippen MR) is 96.6 cm³/mol. The molecule has 0 fully saturated rings. The van der Waals surface area contributed by atoms with Crippen LogP contribution in [-0.2, 0) is 9.84 Å². The lowest BCUT2D eigenvalue weighted by molar-refractivity contribution is 0.599. The van der Waals surface area contributed by atoms with Crippen molar-refractivity contribution >= 4 is 49.7 Å². The molecule has 0 spiro atoms. The smallest absolute Gasteiger partial charge is 0.190 e. The van der Waals surface area contributed by atoms with E-state index in [0.29, 0.717) is 0 Å². The van der Waals surface area contributed by atoms with Crippen LogP contribution in [0, 0.1) is 0 Å². The zero-order valence-corrected chi connectivity index (χ0v) is 15.0. The number of anilines is 1. The van der Waals surface area contributed by atoms with Crippen molar-refractivity contribution in [3.05, 3.63) is 41.8 Å². The van der Waals surface area contributed by atoms with Gasteiger partial charge in [0.05, 0.1) is 15.4 Å². The second-order valence-corrected chi connectivity index (χ2v) is 8.35. The second kappa shape index (κ2) is 7.21. The molecule has 4 nitrogen and oxygen atoms in total. The Balaban J connectivity index is 0.000000847. The van der Waals surface area contributed by atoms with Crippen molar-refractivity contribution < 1.29 is 8.42 Å². The second-order valence-electron chi connectivity index (χ2n) is 4.31. The van der Waals surface area contributed by atoms with Crippen LogP contribution in [0.15, 0.2) is 51.0 Å². The summed E-state index contributed by atoms with van der Waals surface area (Å²) in [5.74, 6) is 0. The lowest BCUT2D eigenvalue weighted by atomic mass is 10.2. The number of H-pyrrole nitrogens is 1. The third kappa shape index (κ3) is 3.85. The zero-order chi connectivity index (χ0) is 16.2. The van der Waals surface area contributed by atoms with Gasteiger partial charge < -0.3 is 9.71 Å². The average molecular weight is 355 g/mol. The molecule has 0 unspecified atom stereocenters. The summed E-state index contributed by atoms with van der Waals surface area (Å²) in [4.78, 5) is 2.97. The van der Waals surface area contributed by atoms with Crippen molar-refractivity contribution in [1.82, 2.24) is 4.98 Å². The first-order valence-corrected chi connectivity index (χ1v) is 10.4. The maximum atomic E-state index is 11.6. The van der Waals surface area contributed by atoms with Crippen LogP contribution < -0.4 is 4.72 Å². The van der Waals surface area contributed by atoms with E-state index in [0.717, 1.165) is 20.8 Å². The van der Waals surface area contributed by atoms with Crippen molar-refractivity contribution in [3.8, 4) is 0 Å². The van der Waals surface area contributed by atoms with Crippen molar-refractivity contribution in [2.24, 2.45) is 0 Å². The van der Waals surface area contributed by atoms with Crippen LogP contribution in [0.2, 0.25) is 0 Å². The minimum atomic E-state index is -3.23. The third-order valence-corrected chi connectivity index (χ3v) is 5.67. The largest absolute Gasteiger partial charge is 0.344 e. The van der Waals surface area contributed by atoms with E-state index in [1.54, 1.807) is 17.4 Å². The Labute approximate surface area is 139 Å². The molecule has 2 N–H and O–H groups in total. The van der Waals surface area contributed by atoms with E-state index in [9.17, 15) is 8.42 Å². The molecule has 0 aliphatic carbocycles. The van der Waals surface area contributed by atoms with Gasteiger partial charge in [0.25, 0.3) is 0 Å². The molecule has 0 saturated heterocycles. The molecule has 0 saturated carbocycles. The summed E-state index contributed by atoms with van der Waals surface area (Å²) in [5.41, 5.74) is 1.67. The lowest BCUT2D eigenvalue weighted by Crippen LogP contribution is -1.96. The Kier molecular flexibility index (Phi) is 5.55. The summed E-state index contributed by atoms with van der Waals surface area (Å²) in [6.07, 6.45) is 1.20. The van der Waals surface area contributed by atoms with Gasteiger partial charge in [-0.15, -0.1) is 11.3 Å². The average Bonchev–Trinajstić information content (AvgIpc) is 3.15. The molecular formula is C15H18N2O2S3. The maximum Gasteiger partial charge on any atom is 0.190 e. The Morgan fingerprint density at radius 2 is 1.95 bits per heavy atom. The fourth-order valence-corrected chi connectivity index (χ4v) is 3.93. The molecule has 0 aliphatic rings. The number of sulfone groups is 1. The Hall–Kier alpha value is -1.44. The van der Waals surface area contributed by atoms with E-state index in [-0.39, 0.29) is 5.03 Å². The molecule has 3 aromatic rings. The lowest BCUT2D eigenvalue weighted by Gasteiger charge is -2.04. The van der Waals surface area contributed by atoms with Crippen molar-refractivity contribution in [1.29, 1.82) is 0 Å². The molecular weight excluding hydrogens is 336 g/mol. The highest BCUT2D eigenvalue weighted by Gasteiger charge is 2.12. The van der Waals surface area contributed by atoms with Gasteiger partial charge in [-0.3, -0.25) is 0 Å². The van der Waals surface area contributed by atoms with Gasteiger partial charge >= 0.3 is 0 Å². The number of hydrogen-bond acceptors (Lipinski definition) is 5. The highest BCUT2D eigenvalue weighted by molar-refractivity contribution is 8.02. The van der Waals surface area contributed by atoms with Gasteiger partial charge in [-0.05, 0) is 35.5 Å². The molecule has 7 heteroatoms. The molecule has 0 amide bonds. The van der Waals surface area contributed by atoms with Crippen LogP contribution in [0.4, 0.5) is 5.69 Å².